The maximum Gasteiger partial charge on any atom is 0.317 e. The van der Waals surface area contributed by atoms with Crippen molar-refractivity contribution < 1.29 is 59.4 Å². The van der Waals surface area contributed by atoms with Gasteiger partial charge >= 0.3 is 35.8 Å². The van der Waals surface area contributed by atoms with Crippen LogP contribution < -0.4 is 0 Å². The molecule has 2 fully saturated rings. The highest BCUT2D eigenvalue weighted by molar-refractivity contribution is 5.70. The van der Waals surface area contributed by atoms with Gasteiger partial charge in [0.2, 0.25) is 0 Å². The second-order valence-electron chi connectivity index (χ2n) is 14.4. The summed E-state index contributed by atoms with van der Waals surface area (Å²) < 4.78 is 0. The van der Waals surface area contributed by atoms with E-state index in [1.54, 1.807) is 29.4 Å². The first kappa shape index (κ1) is 46.1. The number of carbonyl (C=O) groups is 6. The van der Waals surface area contributed by atoms with Crippen LogP contribution in [0.1, 0.15) is 11.1 Å². The van der Waals surface area contributed by atoms with Gasteiger partial charge in [-0.3, -0.25) is 68.0 Å². The van der Waals surface area contributed by atoms with Gasteiger partial charge in [-0.05, 0) is 11.1 Å². The molecule has 2 aliphatic rings. The Bertz CT molecular complexity index is 1270. The normalized spacial score (nSPS) is 19.9. The first-order chi connectivity index (χ1) is 26.6. The summed E-state index contributed by atoms with van der Waals surface area (Å²) in [6.45, 7) is 6.03. The van der Waals surface area contributed by atoms with Crippen LogP contribution in [0.15, 0.2) is 24.3 Å². The van der Waals surface area contributed by atoms with Crippen molar-refractivity contribution in [1.82, 2.24) is 39.2 Å². The van der Waals surface area contributed by atoms with Gasteiger partial charge in [0.1, 0.15) is 0 Å². The summed E-state index contributed by atoms with van der Waals surface area (Å²) in [6, 6.07) is 8.00. The molecule has 0 spiro atoms. The lowest BCUT2D eigenvalue weighted by atomic mass is 10.1. The lowest BCUT2D eigenvalue weighted by Crippen LogP contribution is -2.48. The van der Waals surface area contributed by atoms with Crippen LogP contribution in [0.2, 0.25) is 0 Å². The highest BCUT2D eigenvalue weighted by atomic mass is 16.4. The minimum absolute atomic E-state index is 0.198. The van der Waals surface area contributed by atoms with Crippen molar-refractivity contribution in [2.75, 3.05) is 144 Å². The SMILES string of the molecule is O=C(O)CN1CCN(CC(=O)O)CCN(Cc2ccc(CN3CCN(CC(=O)O)CCN(CC(=O)O)CCN(CC(=O)O)CC3)cc2)CCN(CC(=O)O)CC1. The number of rotatable bonds is 16. The van der Waals surface area contributed by atoms with Crippen molar-refractivity contribution in [1.29, 1.82) is 0 Å². The molecule has 0 amide bonds. The Labute approximate surface area is 326 Å². The minimum atomic E-state index is -1.01. The van der Waals surface area contributed by atoms with Crippen LogP contribution in [0.4, 0.5) is 0 Å². The van der Waals surface area contributed by atoms with E-state index >= 15 is 0 Å². The number of benzene rings is 1. The fourth-order valence-corrected chi connectivity index (χ4v) is 6.84. The Balaban J connectivity index is 1.74. The monoisotopic (exact) mass is 794 g/mol. The number of hydrogen-bond acceptors (Lipinski definition) is 14. The lowest BCUT2D eigenvalue weighted by molar-refractivity contribution is -0.140. The van der Waals surface area contributed by atoms with E-state index in [1.807, 2.05) is 24.3 Å². The standard InChI is InChI=1S/C36H58N8O12/c45-31(46)23-39-9-5-37(6-10-40(24-32(47)48)14-18-43(17-13-39)27-35(53)54)21-29-1-2-30(4-3-29)22-38-7-11-41(25-33(49)50)15-19-44(28-36(55)56)20-16-42(12-8-38)26-34(51)52/h1-4H,5-28H2,(H,45,46)(H,47,48)(H,49,50)(H,51,52)(H,53,54)(H,55,56). The topological polar surface area (TPSA) is 250 Å². The molecule has 0 bridgehead atoms. The summed E-state index contributed by atoms with van der Waals surface area (Å²) in [7, 11) is 0. The summed E-state index contributed by atoms with van der Waals surface area (Å²) in [5, 5.41) is 56.9. The minimum Gasteiger partial charge on any atom is -0.480 e. The third-order valence-corrected chi connectivity index (χ3v) is 9.85. The van der Waals surface area contributed by atoms with E-state index < -0.39 is 35.8 Å². The molecule has 2 heterocycles. The largest absolute Gasteiger partial charge is 0.480 e. The van der Waals surface area contributed by atoms with E-state index in [1.165, 1.54) is 0 Å². The van der Waals surface area contributed by atoms with Gasteiger partial charge < -0.3 is 30.6 Å². The molecule has 0 saturated carbocycles. The molecular formula is C36H58N8O12. The Morgan fingerprint density at radius 2 is 0.446 bits per heavy atom. The Morgan fingerprint density at radius 3 is 0.589 bits per heavy atom. The average Bonchev–Trinajstić information content (AvgIpc) is 3.10. The summed E-state index contributed by atoms with van der Waals surface area (Å²) in [5.74, 6) is -5.97. The number of hydrogen-bond donors (Lipinski definition) is 6. The summed E-state index contributed by atoms with van der Waals surface area (Å²) in [4.78, 5) is 84.4. The van der Waals surface area contributed by atoms with Crippen molar-refractivity contribution >= 4 is 35.8 Å². The fourth-order valence-electron chi connectivity index (χ4n) is 6.84. The molecule has 2 saturated heterocycles. The highest BCUT2D eigenvalue weighted by Gasteiger charge is 2.22. The number of carboxylic acids is 6. The van der Waals surface area contributed by atoms with Crippen LogP contribution in [-0.2, 0) is 41.9 Å². The zero-order valence-corrected chi connectivity index (χ0v) is 32.0. The smallest absolute Gasteiger partial charge is 0.317 e. The molecule has 0 radical (unpaired) electrons. The van der Waals surface area contributed by atoms with Gasteiger partial charge in [0, 0.05) is 118 Å². The molecule has 6 N–H and O–H groups in total. The Hall–Kier alpha value is -4.28. The summed E-state index contributed by atoms with van der Waals surface area (Å²) in [6.07, 6.45) is 0. The number of carboxylic acid groups (broad SMARTS) is 6. The maximum absolute atomic E-state index is 11.7. The predicted molar refractivity (Wildman–Crippen MR) is 201 cm³/mol. The van der Waals surface area contributed by atoms with Crippen molar-refractivity contribution in [3.05, 3.63) is 35.4 Å². The van der Waals surface area contributed by atoms with Crippen molar-refractivity contribution in [2.45, 2.75) is 13.1 Å². The molecule has 1 aromatic rings. The average molecular weight is 795 g/mol. The molecular weight excluding hydrogens is 736 g/mol. The van der Waals surface area contributed by atoms with Crippen LogP contribution in [-0.4, -0.2) is 250 Å². The van der Waals surface area contributed by atoms with Crippen LogP contribution >= 0.6 is 0 Å². The molecule has 314 valence electrons. The summed E-state index contributed by atoms with van der Waals surface area (Å²) in [5.41, 5.74) is 1.98. The first-order valence-corrected chi connectivity index (χ1v) is 18.8. The second-order valence-corrected chi connectivity index (χ2v) is 14.4. The molecule has 0 unspecified atom stereocenters. The maximum atomic E-state index is 11.7. The zero-order valence-electron chi connectivity index (χ0n) is 32.0. The number of aliphatic carboxylic acids is 6. The molecule has 20 nitrogen and oxygen atoms in total. The molecule has 2 aliphatic heterocycles. The Kier molecular flexibility index (Phi) is 20.1. The molecule has 1 aromatic carbocycles. The van der Waals surface area contributed by atoms with E-state index in [-0.39, 0.29) is 39.3 Å². The molecule has 0 aliphatic carbocycles. The van der Waals surface area contributed by atoms with Crippen LogP contribution in [0.25, 0.3) is 0 Å². The van der Waals surface area contributed by atoms with Crippen molar-refractivity contribution in [3.8, 4) is 0 Å². The quantitative estimate of drug-likeness (QED) is 0.102. The van der Waals surface area contributed by atoms with Crippen LogP contribution in [0.3, 0.4) is 0 Å². The van der Waals surface area contributed by atoms with Gasteiger partial charge in [-0.25, -0.2) is 0 Å². The molecule has 3 rings (SSSR count). The van der Waals surface area contributed by atoms with Gasteiger partial charge in [-0.15, -0.1) is 0 Å². The third-order valence-electron chi connectivity index (χ3n) is 9.85. The van der Waals surface area contributed by atoms with Crippen molar-refractivity contribution in [3.63, 3.8) is 0 Å². The Morgan fingerprint density at radius 1 is 0.304 bits per heavy atom. The lowest BCUT2D eigenvalue weighted by Gasteiger charge is -2.33. The van der Waals surface area contributed by atoms with E-state index in [9.17, 15) is 59.4 Å². The van der Waals surface area contributed by atoms with Gasteiger partial charge in [-0.1, -0.05) is 24.3 Å². The van der Waals surface area contributed by atoms with Gasteiger partial charge in [0.15, 0.2) is 0 Å². The molecule has 20 heteroatoms. The highest BCUT2D eigenvalue weighted by Crippen LogP contribution is 2.12. The number of nitrogens with zero attached hydrogens (tertiary/aromatic N) is 8. The van der Waals surface area contributed by atoms with Gasteiger partial charge in [0.05, 0.1) is 39.3 Å². The van der Waals surface area contributed by atoms with Crippen molar-refractivity contribution in [2.24, 2.45) is 0 Å². The van der Waals surface area contributed by atoms with E-state index in [4.69, 9.17) is 0 Å². The molecule has 56 heavy (non-hydrogen) atoms. The molecule has 0 atom stereocenters. The fraction of sp³-hybridized carbons (Fsp3) is 0.667. The van der Waals surface area contributed by atoms with Crippen LogP contribution in [0, 0.1) is 0 Å². The first-order valence-electron chi connectivity index (χ1n) is 18.8. The van der Waals surface area contributed by atoms with Gasteiger partial charge in [0.25, 0.3) is 0 Å². The van der Waals surface area contributed by atoms with Crippen LogP contribution in [0.5, 0.6) is 0 Å². The van der Waals surface area contributed by atoms with E-state index in [0.29, 0.717) is 118 Å². The third kappa shape index (κ3) is 19.5. The van der Waals surface area contributed by atoms with E-state index in [0.717, 1.165) is 11.1 Å². The van der Waals surface area contributed by atoms with Gasteiger partial charge in [-0.2, -0.15) is 0 Å². The second kappa shape index (κ2) is 24.4. The zero-order chi connectivity index (χ0) is 41.0. The van der Waals surface area contributed by atoms with E-state index in [2.05, 4.69) is 9.80 Å². The molecule has 0 aromatic heterocycles. The summed E-state index contributed by atoms with van der Waals surface area (Å²) >= 11 is 0. The predicted octanol–water partition coefficient (Wildman–Crippen LogP) is -2.36.